The van der Waals surface area contributed by atoms with Crippen LogP contribution in [0.3, 0.4) is 0 Å². The van der Waals surface area contributed by atoms with Gasteiger partial charge in [0.1, 0.15) is 16.5 Å². The first kappa shape index (κ1) is 17.8. The molecule has 5 nitrogen and oxygen atoms in total. The molecule has 1 aliphatic rings. The molecule has 1 aliphatic carbocycles. The molecule has 0 radical (unpaired) electrons. The number of benzene rings is 1. The molecule has 4 aromatic rings. The number of Topliss-reactive ketones (excluding diaryl/α,β-unsaturated/α-hetero) is 1. The van der Waals surface area contributed by atoms with Crippen LogP contribution in [-0.2, 0) is 12.8 Å². The topological polar surface area (TPSA) is 60.2 Å². The molecule has 142 valence electrons. The maximum absolute atomic E-state index is 13.1. The van der Waals surface area contributed by atoms with Crippen molar-refractivity contribution in [1.82, 2.24) is 19.6 Å². The second kappa shape index (κ2) is 6.93. The standard InChI is InChI=1S/C20H17FN4OS2/c1-11-22-19-17(14-4-2-3-5-16(14)28-19)18-23-24-20(25(11)18)27-10-15(26)12-6-8-13(21)9-7-12/h6-9H,2-5,10H2,1H3. The number of aryl methyl sites for hydroxylation is 3. The van der Waals surface area contributed by atoms with E-state index in [-0.39, 0.29) is 17.4 Å². The van der Waals surface area contributed by atoms with Crippen LogP contribution in [0.4, 0.5) is 4.39 Å². The van der Waals surface area contributed by atoms with Crippen LogP contribution in [0, 0.1) is 12.7 Å². The van der Waals surface area contributed by atoms with Gasteiger partial charge in [-0.05, 0) is 62.4 Å². The SMILES string of the molecule is Cc1nc2sc3c(c2c2nnc(SCC(=O)c4ccc(F)cc4)n12)CCCC3. The van der Waals surface area contributed by atoms with E-state index in [0.29, 0.717) is 10.7 Å². The Morgan fingerprint density at radius 1 is 1.21 bits per heavy atom. The molecule has 0 fully saturated rings. The summed E-state index contributed by atoms with van der Waals surface area (Å²) >= 11 is 3.11. The zero-order valence-electron chi connectivity index (χ0n) is 15.2. The second-order valence-corrected chi connectivity index (χ2v) is 8.94. The van der Waals surface area contributed by atoms with Crippen LogP contribution in [0.2, 0.25) is 0 Å². The third kappa shape index (κ3) is 2.91. The Morgan fingerprint density at radius 3 is 2.82 bits per heavy atom. The average molecular weight is 413 g/mol. The highest BCUT2D eigenvalue weighted by Gasteiger charge is 2.22. The Morgan fingerprint density at radius 2 is 2.00 bits per heavy atom. The highest BCUT2D eigenvalue weighted by atomic mass is 32.2. The number of hydrogen-bond acceptors (Lipinski definition) is 6. The van der Waals surface area contributed by atoms with Gasteiger partial charge >= 0.3 is 0 Å². The summed E-state index contributed by atoms with van der Waals surface area (Å²) in [6.07, 6.45) is 4.60. The van der Waals surface area contributed by atoms with Crippen molar-refractivity contribution < 1.29 is 9.18 Å². The number of hydrogen-bond donors (Lipinski definition) is 0. The Balaban J connectivity index is 1.50. The molecule has 0 unspecified atom stereocenters. The molecule has 1 aromatic carbocycles. The lowest BCUT2D eigenvalue weighted by molar-refractivity contribution is 0.102. The van der Waals surface area contributed by atoms with Crippen LogP contribution in [0.1, 0.15) is 39.5 Å². The van der Waals surface area contributed by atoms with Crippen molar-refractivity contribution in [1.29, 1.82) is 0 Å². The van der Waals surface area contributed by atoms with Crippen molar-refractivity contribution in [2.75, 3.05) is 5.75 Å². The first-order valence-electron chi connectivity index (χ1n) is 9.19. The monoisotopic (exact) mass is 412 g/mol. The first-order valence-corrected chi connectivity index (χ1v) is 11.0. The predicted octanol–water partition coefficient (Wildman–Crippen LogP) is 4.64. The van der Waals surface area contributed by atoms with Gasteiger partial charge in [-0.15, -0.1) is 21.5 Å². The van der Waals surface area contributed by atoms with Gasteiger partial charge < -0.3 is 0 Å². The van der Waals surface area contributed by atoms with Crippen molar-refractivity contribution in [3.8, 4) is 0 Å². The lowest BCUT2D eigenvalue weighted by atomic mass is 9.97. The number of halogens is 1. The molecule has 0 aliphatic heterocycles. The van der Waals surface area contributed by atoms with E-state index in [1.165, 1.54) is 59.3 Å². The highest BCUT2D eigenvalue weighted by Crippen LogP contribution is 2.38. The van der Waals surface area contributed by atoms with Crippen LogP contribution in [0.5, 0.6) is 0 Å². The lowest BCUT2D eigenvalue weighted by Gasteiger charge is -2.10. The molecule has 3 aromatic heterocycles. The van der Waals surface area contributed by atoms with E-state index < -0.39 is 0 Å². The Labute approximate surface area is 169 Å². The Kier molecular flexibility index (Phi) is 4.40. The minimum atomic E-state index is -0.350. The number of thioether (sulfide) groups is 1. The number of thiophene rings is 1. The summed E-state index contributed by atoms with van der Waals surface area (Å²) in [6.45, 7) is 1.94. The fourth-order valence-electron chi connectivity index (χ4n) is 3.72. The minimum Gasteiger partial charge on any atom is -0.293 e. The molecule has 3 heterocycles. The molecule has 0 spiro atoms. The van der Waals surface area contributed by atoms with Crippen molar-refractivity contribution in [3.05, 3.63) is 51.9 Å². The van der Waals surface area contributed by atoms with Crippen molar-refractivity contribution in [2.24, 2.45) is 0 Å². The van der Waals surface area contributed by atoms with Gasteiger partial charge in [0, 0.05) is 10.4 Å². The van der Waals surface area contributed by atoms with Gasteiger partial charge in [0.05, 0.1) is 11.1 Å². The van der Waals surface area contributed by atoms with Gasteiger partial charge in [-0.25, -0.2) is 9.37 Å². The number of carbonyl (C=O) groups excluding carboxylic acids is 1. The fourth-order valence-corrected chi connectivity index (χ4v) is 5.90. The molecule has 0 N–H and O–H groups in total. The summed E-state index contributed by atoms with van der Waals surface area (Å²) in [5, 5.41) is 10.6. The third-order valence-electron chi connectivity index (χ3n) is 5.10. The summed E-state index contributed by atoms with van der Waals surface area (Å²) in [5.74, 6) is 0.618. The number of fused-ring (bicyclic) bond motifs is 5. The minimum absolute atomic E-state index is 0.0682. The second-order valence-electron chi connectivity index (χ2n) is 6.91. The van der Waals surface area contributed by atoms with E-state index in [9.17, 15) is 9.18 Å². The number of carbonyl (C=O) groups is 1. The summed E-state index contributed by atoms with van der Waals surface area (Å²) in [6, 6.07) is 5.62. The van der Waals surface area contributed by atoms with Crippen LogP contribution >= 0.6 is 23.1 Å². The summed E-state index contributed by atoms with van der Waals surface area (Å²) < 4.78 is 15.0. The van der Waals surface area contributed by atoms with Gasteiger partial charge in [-0.2, -0.15) is 0 Å². The Bertz CT molecular complexity index is 1210. The molecule has 5 rings (SSSR count). The zero-order valence-corrected chi connectivity index (χ0v) is 16.9. The van der Waals surface area contributed by atoms with Crippen molar-refractivity contribution in [2.45, 2.75) is 37.8 Å². The van der Waals surface area contributed by atoms with Gasteiger partial charge in [-0.3, -0.25) is 9.20 Å². The summed E-state index contributed by atoms with van der Waals surface area (Å²) in [4.78, 5) is 19.7. The molecule has 28 heavy (non-hydrogen) atoms. The third-order valence-corrected chi connectivity index (χ3v) is 7.21. The summed E-state index contributed by atoms with van der Waals surface area (Å²) in [5.41, 5.74) is 2.69. The van der Waals surface area contributed by atoms with E-state index in [1.54, 1.807) is 11.3 Å². The molecular weight excluding hydrogens is 395 g/mol. The molecule has 0 saturated heterocycles. The van der Waals surface area contributed by atoms with E-state index in [4.69, 9.17) is 4.98 Å². The van der Waals surface area contributed by atoms with Gasteiger partial charge in [0.15, 0.2) is 16.6 Å². The van der Waals surface area contributed by atoms with Crippen molar-refractivity contribution >= 4 is 44.7 Å². The molecule has 0 atom stereocenters. The normalized spacial score (nSPS) is 13.9. The highest BCUT2D eigenvalue weighted by molar-refractivity contribution is 7.99. The molecule has 0 amide bonds. The molecular formula is C20H17FN4OS2. The maximum atomic E-state index is 13.1. The summed E-state index contributed by atoms with van der Waals surface area (Å²) in [7, 11) is 0. The van der Waals surface area contributed by atoms with Gasteiger partial charge in [0.2, 0.25) is 0 Å². The lowest BCUT2D eigenvalue weighted by Crippen LogP contribution is -2.04. The van der Waals surface area contributed by atoms with E-state index in [0.717, 1.165) is 34.5 Å². The van der Waals surface area contributed by atoms with Gasteiger partial charge in [-0.1, -0.05) is 11.8 Å². The van der Waals surface area contributed by atoms with Crippen LogP contribution < -0.4 is 0 Å². The largest absolute Gasteiger partial charge is 0.293 e. The van der Waals surface area contributed by atoms with Crippen LogP contribution in [0.15, 0.2) is 29.4 Å². The molecule has 0 saturated carbocycles. The molecule has 8 heteroatoms. The average Bonchev–Trinajstić information content (AvgIpc) is 3.27. The van der Waals surface area contributed by atoms with E-state index in [2.05, 4.69) is 10.2 Å². The number of rotatable bonds is 4. The van der Waals surface area contributed by atoms with E-state index >= 15 is 0 Å². The number of ketones is 1. The first-order chi connectivity index (χ1) is 13.6. The quantitative estimate of drug-likeness (QED) is 0.361. The fraction of sp³-hybridized carbons (Fsp3) is 0.300. The maximum Gasteiger partial charge on any atom is 0.197 e. The van der Waals surface area contributed by atoms with E-state index in [1.807, 2.05) is 11.3 Å². The van der Waals surface area contributed by atoms with Crippen molar-refractivity contribution in [3.63, 3.8) is 0 Å². The molecule has 0 bridgehead atoms. The van der Waals surface area contributed by atoms with Crippen LogP contribution in [0.25, 0.3) is 15.9 Å². The van der Waals surface area contributed by atoms with Gasteiger partial charge in [0.25, 0.3) is 0 Å². The smallest absolute Gasteiger partial charge is 0.197 e. The van der Waals surface area contributed by atoms with Crippen LogP contribution in [-0.4, -0.2) is 31.1 Å². The number of aromatic nitrogens is 4. The Hall–Kier alpha value is -2.32. The number of nitrogens with zero attached hydrogens (tertiary/aromatic N) is 4. The zero-order chi connectivity index (χ0) is 19.3. The predicted molar refractivity (Wildman–Crippen MR) is 109 cm³/mol.